The van der Waals surface area contributed by atoms with Gasteiger partial charge in [0.2, 0.25) is 5.91 Å². The van der Waals surface area contributed by atoms with Gasteiger partial charge < -0.3 is 5.32 Å². The fraction of sp³-hybridized carbons (Fsp3) is 0.353. The van der Waals surface area contributed by atoms with Gasteiger partial charge >= 0.3 is 0 Å². The molecule has 2 heterocycles. The summed E-state index contributed by atoms with van der Waals surface area (Å²) in [6, 6.07) is 4.54. The fourth-order valence-electron chi connectivity index (χ4n) is 2.72. The summed E-state index contributed by atoms with van der Waals surface area (Å²) < 4.78 is 14.0. The fourth-order valence-corrected chi connectivity index (χ4v) is 4.57. The van der Waals surface area contributed by atoms with Crippen LogP contribution in [0.1, 0.15) is 28.8 Å². The van der Waals surface area contributed by atoms with Crippen molar-refractivity contribution in [2.24, 2.45) is 5.92 Å². The Kier molecular flexibility index (Phi) is 4.49. The topological polar surface area (TPSA) is 66.9 Å². The number of thiazole rings is 2. The van der Waals surface area contributed by atoms with E-state index in [2.05, 4.69) is 20.6 Å². The number of anilines is 1. The largest absolute Gasteiger partial charge is 0.301 e. The molecule has 5 nitrogen and oxygen atoms in total. The van der Waals surface area contributed by atoms with E-state index < -0.39 is 0 Å². The highest BCUT2D eigenvalue weighted by Gasteiger charge is 2.34. The maximum Gasteiger partial charge on any atom is 0.240 e. The van der Waals surface area contributed by atoms with Gasteiger partial charge in [0, 0.05) is 11.1 Å². The van der Waals surface area contributed by atoms with Crippen molar-refractivity contribution in [3.63, 3.8) is 0 Å². The van der Waals surface area contributed by atoms with E-state index in [1.807, 2.05) is 13.1 Å². The molecule has 8 heteroatoms. The van der Waals surface area contributed by atoms with Gasteiger partial charge in [0.25, 0.3) is 0 Å². The van der Waals surface area contributed by atoms with Crippen LogP contribution < -0.4 is 10.6 Å². The molecule has 1 fully saturated rings. The van der Waals surface area contributed by atoms with Gasteiger partial charge in [-0.1, -0.05) is 11.3 Å². The first-order valence-corrected chi connectivity index (χ1v) is 9.73. The molecule has 0 saturated heterocycles. The number of aryl methyl sites for hydroxylation is 1. The van der Waals surface area contributed by atoms with Gasteiger partial charge in [0.05, 0.1) is 22.8 Å². The lowest BCUT2D eigenvalue weighted by molar-refractivity contribution is -0.115. The Hall–Kier alpha value is -1.90. The third-order valence-corrected chi connectivity index (χ3v) is 6.01. The summed E-state index contributed by atoms with van der Waals surface area (Å²) >= 11 is 2.94. The predicted octanol–water partition coefficient (Wildman–Crippen LogP) is 3.88. The molecule has 0 aliphatic heterocycles. The van der Waals surface area contributed by atoms with Crippen molar-refractivity contribution in [2.75, 3.05) is 11.9 Å². The normalized spacial score (nSPS) is 15.4. The zero-order valence-corrected chi connectivity index (χ0v) is 15.2. The maximum absolute atomic E-state index is 13.2. The molecule has 1 amide bonds. The molecule has 4 rings (SSSR count). The summed E-state index contributed by atoms with van der Waals surface area (Å²) in [7, 11) is 0. The molecule has 1 aliphatic carbocycles. The summed E-state index contributed by atoms with van der Waals surface area (Å²) in [5, 5.41) is 7.65. The minimum atomic E-state index is -0.304. The zero-order chi connectivity index (χ0) is 17.4. The van der Waals surface area contributed by atoms with Crippen molar-refractivity contribution < 1.29 is 9.18 Å². The molecule has 0 spiro atoms. The smallest absolute Gasteiger partial charge is 0.240 e. The highest BCUT2D eigenvalue weighted by molar-refractivity contribution is 7.22. The number of hydrogen-bond donors (Lipinski definition) is 2. The van der Waals surface area contributed by atoms with Crippen molar-refractivity contribution in [3.05, 3.63) is 40.1 Å². The van der Waals surface area contributed by atoms with Crippen LogP contribution in [0.3, 0.4) is 0 Å². The molecule has 2 aromatic heterocycles. The van der Waals surface area contributed by atoms with Crippen LogP contribution in [0.15, 0.2) is 24.4 Å². The number of fused-ring (bicyclic) bond motifs is 1. The molecule has 130 valence electrons. The second kappa shape index (κ2) is 6.78. The van der Waals surface area contributed by atoms with Gasteiger partial charge in [-0.05, 0) is 43.9 Å². The van der Waals surface area contributed by atoms with Crippen LogP contribution >= 0.6 is 22.7 Å². The van der Waals surface area contributed by atoms with Crippen molar-refractivity contribution in [3.8, 4) is 0 Å². The quantitative estimate of drug-likeness (QED) is 0.685. The first-order chi connectivity index (χ1) is 12.1. The zero-order valence-electron chi connectivity index (χ0n) is 13.6. The number of nitrogens with one attached hydrogen (secondary N) is 2. The average molecular weight is 376 g/mol. The first kappa shape index (κ1) is 16.6. The summed E-state index contributed by atoms with van der Waals surface area (Å²) in [6.45, 7) is 2.23. The molecule has 25 heavy (non-hydrogen) atoms. The van der Waals surface area contributed by atoms with Gasteiger partial charge in [-0.3, -0.25) is 10.1 Å². The van der Waals surface area contributed by atoms with E-state index in [-0.39, 0.29) is 24.3 Å². The Bertz CT molecular complexity index is 918. The second-order valence-corrected chi connectivity index (χ2v) is 8.48. The van der Waals surface area contributed by atoms with Crippen molar-refractivity contribution in [2.45, 2.75) is 25.8 Å². The number of carbonyl (C=O) groups excluding carboxylic acids is 1. The summed E-state index contributed by atoms with van der Waals surface area (Å²) in [5.74, 6) is 0.101. The van der Waals surface area contributed by atoms with E-state index in [4.69, 9.17) is 0 Å². The van der Waals surface area contributed by atoms with Crippen LogP contribution in [0.25, 0.3) is 10.2 Å². The maximum atomic E-state index is 13.2. The SMILES string of the molecule is Cc1cnc(C(NCC(=O)Nc2nc3ccc(F)cc3s2)C2CC2)s1. The number of carbonyl (C=O) groups is 1. The summed E-state index contributed by atoms with van der Waals surface area (Å²) in [4.78, 5) is 22.2. The lowest BCUT2D eigenvalue weighted by Gasteiger charge is -2.15. The molecule has 3 aromatic rings. The van der Waals surface area contributed by atoms with Gasteiger partial charge in [0.1, 0.15) is 10.8 Å². The van der Waals surface area contributed by atoms with Crippen LogP contribution in [0, 0.1) is 18.7 Å². The van der Waals surface area contributed by atoms with Gasteiger partial charge in [-0.15, -0.1) is 11.3 Å². The monoisotopic (exact) mass is 376 g/mol. The lowest BCUT2D eigenvalue weighted by Crippen LogP contribution is -2.32. The first-order valence-electron chi connectivity index (χ1n) is 8.10. The molecule has 1 unspecified atom stereocenters. The van der Waals surface area contributed by atoms with Gasteiger partial charge in [0.15, 0.2) is 5.13 Å². The van der Waals surface area contributed by atoms with Crippen molar-refractivity contribution >= 4 is 43.9 Å². The van der Waals surface area contributed by atoms with E-state index in [1.54, 1.807) is 17.4 Å². The van der Waals surface area contributed by atoms with E-state index >= 15 is 0 Å². The lowest BCUT2D eigenvalue weighted by atomic mass is 10.2. The Labute approximate surface area is 152 Å². The number of aromatic nitrogens is 2. The van der Waals surface area contributed by atoms with Gasteiger partial charge in [-0.2, -0.15) is 0 Å². The number of hydrogen-bond acceptors (Lipinski definition) is 6. The van der Waals surface area contributed by atoms with Crippen LogP contribution in [0.2, 0.25) is 0 Å². The van der Waals surface area contributed by atoms with E-state index in [0.717, 1.165) is 9.71 Å². The molecule has 0 radical (unpaired) electrons. The standard InChI is InChI=1S/C17H17FN4OS2/c1-9-7-20-16(24-9)15(10-2-3-10)19-8-14(23)22-17-21-12-5-4-11(18)6-13(12)25-17/h4-7,10,15,19H,2-3,8H2,1H3,(H,21,22,23). The number of halogens is 1. The molecule has 1 atom stereocenters. The van der Waals surface area contributed by atoms with Crippen LogP contribution in [-0.2, 0) is 4.79 Å². The molecular formula is C17H17FN4OS2. The van der Waals surface area contributed by atoms with E-state index in [1.165, 1.54) is 41.2 Å². The van der Waals surface area contributed by atoms with Gasteiger partial charge in [-0.25, -0.2) is 14.4 Å². The Morgan fingerprint density at radius 1 is 1.40 bits per heavy atom. The third-order valence-electron chi connectivity index (χ3n) is 4.08. The van der Waals surface area contributed by atoms with Crippen LogP contribution in [-0.4, -0.2) is 22.4 Å². The minimum absolute atomic E-state index is 0.133. The molecule has 2 N–H and O–H groups in total. The summed E-state index contributed by atoms with van der Waals surface area (Å²) in [6.07, 6.45) is 4.21. The number of nitrogens with zero attached hydrogens (tertiary/aromatic N) is 2. The number of amides is 1. The third kappa shape index (κ3) is 3.86. The molecule has 1 saturated carbocycles. The number of benzene rings is 1. The Morgan fingerprint density at radius 3 is 2.96 bits per heavy atom. The molecular weight excluding hydrogens is 359 g/mol. The Morgan fingerprint density at radius 2 is 2.24 bits per heavy atom. The molecule has 1 aliphatic rings. The van der Waals surface area contributed by atoms with Crippen molar-refractivity contribution in [1.82, 2.24) is 15.3 Å². The van der Waals surface area contributed by atoms with E-state index in [9.17, 15) is 9.18 Å². The second-order valence-electron chi connectivity index (χ2n) is 6.18. The minimum Gasteiger partial charge on any atom is -0.301 e. The van der Waals surface area contributed by atoms with Crippen molar-refractivity contribution in [1.29, 1.82) is 0 Å². The van der Waals surface area contributed by atoms with E-state index in [0.29, 0.717) is 16.6 Å². The molecule has 0 bridgehead atoms. The summed E-state index contributed by atoms with van der Waals surface area (Å²) in [5.41, 5.74) is 0.684. The number of rotatable bonds is 6. The highest BCUT2D eigenvalue weighted by atomic mass is 32.1. The van der Waals surface area contributed by atoms with Crippen LogP contribution in [0.4, 0.5) is 9.52 Å². The predicted molar refractivity (Wildman–Crippen MR) is 98.5 cm³/mol. The molecule has 1 aromatic carbocycles. The highest BCUT2D eigenvalue weighted by Crippen LogP contribution is 2.41. The average Bonchev–Trinajstić information content (AvgIpc) is 3.19. The Balaban J connectivity index is 1.39. The van der Waals surface area contributed by atoms with Crippen LogP contribution in [0.5, 0.6) is 0 Å².